The van der Waals surface area contributed by atoms with Crippen LogP contribution in [0, 0.1) is 0 Å². The van der Waals surface area contributed by atoms with E-state index in [4.69, 9.17) is 0 Å². The molecule has 0 spiro atoms. The van der Waals surface area contributed by atoms with Gasteiger partial charge in [-0.2, -0.15) is 0 Å². The Hall–Kier alpha value is -6.11. The van der Waals surface area contributed by atoms with Crippen LogP contribution in [0.2, 0.25) is 0 Å². The van der Waals surface area contributed by atoms with Crippen molar-refractivity contribution in [1.29, 1.82) is 0 Å². The molecule has 8 aromatic carbocycles. The van der Waals surface area contributed by atoms with E-state index in [1.54, 1.807) is 0 Å². The number of hydrogen-bond donors (Lipinski definition) is 0. The quantitative estimate of drug-likeness (QED) is 0.0988. The lowest BCUT2D eigenvalue weighted by Crippen LogP contribution is -2.84. The van der Waals surface area contributed by atoms with Gasteiger partial charge in [0.1, 0.15) is 0 Å². The lowest BCUT2D eigenvalue weighted by atomic mass is 10.0. The molecule has 0 radical (unpaired) electrons. The van der Waals surface area contributed by atoms with Crippen LogP contribution in [-0.4, -0.2) is 16.1 Å². The van der Waals surface area contributed by atoms with E-state index in [2.05, 4.69) is 243 Å². The molecule has 0 aliphatic carbocycles. The lowest BCUT2D eigenvalue weighted by Gasteiger charge is -2.40. The highest BCUT2D eigenvalue weighted by atomic mass is 32.1. The predicted octanol–water partition coefficient (Wildman–Crippen LogP) is 7.84. The van der Waals surface area contributed by atoms with Gasteiger partial charge < -0.3 is 0 Å². The molecule has 0 atom stereocenters. The van der Waals surface area contributed by atoms with E-state index >= 15 is 0 Å². The van der Waals surface area contributed by atoms with Gasteiger partial charge in [0.25, 0.3) is 0 Å². The second-order valence-corrected chi connectivity index (χ2v) is 22.8. The van der Waals surface area contributed by atoms with Crippen molar-refractivity contribution in [2.45, 2.75) is 0 Å². The Bertz CT molecular complexity index is 2400. The third-order valence-electron chi connectivity index (χ3n) is 11.0. The van der Waals surface area contributed by atoms with E-state index < -0.39 is 16.1 Å². The lowest BCUT2D eigenvalue weighted by molar-refractivity contribution is 1.64. The first-order valence-electron chi connectivity index (χ1n) is 18.9. The molecule has 0 aliphatic heterocycles. The van der Waals surface area contributed by atoms with Crippen LogP contribution in [0.15, 0.2) is 243 Å². The van der Waals surface area contributed by atoms with Crippen LogP contribution in [0.1, 0.15) is 0 Å². The molecule has 262 valence electrons. The molecule has 0 fully saturated rings. The number of thiophene rings is 1. The molecule has 0 nitrogen and oxygen atoms in total. The molecule has 55 heavy (non-hydrogen) atoms. The summed E-state index contributed by atoms with van der Waals surface area (Å²) in [6.07, 6.45) is 0. The van der Waals surface area contributed by atoms with E-state index in [0.29, 0.717) is 0 Å². The minimum atomic E-state index is -3.15. The second-order valence-electron chi connectivity index (χ2n) is 13.9. The maximum Gasteiger partial charge on any atom is 0.190 e. The summed E-state index contributed by atoms with van der Waals surface area (Å²) in [6, 6.07) is 91.0. The Morgan fingerprint density at radius 1 is 0.255 bits per heavy atom. The van der Waals surface area contributed by atoms with Crippen LogP contribution in [0.4, 0.5) is 0 Å². The molecule has 0 saturated heterocycles. The van der Waals surface area contributed by atoms with Crippen molar-refractivity contribution in [2.24, 2.45) is 0 Å². The van der Waals surface area contributed by atoms with Gasteiger partial charge in [0.05, 0.1) is 0 Å². The summed E-state index contributed by atoms with van der Waals surface area (Å²) < 4.78 is 1.48. The van der Waals surface area contributed by atoms with Gasteiger partial charge in [-0.15, -0.1) is 11.3 Å². The maximum atomic E-state index is 2.40. The van der Waals surface area contributed by atoms with E-state index in [0.717, 1.165) is 0 Å². The number of rotatable bonds is 10. The number of hydrogen-bond acceptors (Lipinski definition) is 1. The van der Waals surface area contributed by atoms with Gasteiger partial charge in [0.15, 0.2) is 16.1 Å². The third kappa shape index (κ3) is 5.98. The minimum Gasteiger partial charge on any atom is -0.143 e. The van der Waals surface area contributed by atoms with Crippen LogP contribution in [0.3, 0.4) is 0 Å². The van der Waals surface area contributed by atoms with Gasteiger partial charge in [-0.25, -0.2) is 0 Å². The molecule has 0 unspecified atom stereocenters. The van der Waals surface area contributed by atoms with E-state index in [-0.39, 0.29) is 0 Å². The van der Waals surface area contributed by atoms with Gasteiger partial charge in [-0.3, -0.25) is 0 Å². The first-order chi connectivity index (χ1) is 27.3. The summed E-state index contributed by atoms with van der Waals surface area (Å²) in [5.74, 6) is 0. The highest BCUT2D eigenvalue weighted by Crippen LogP contribution is 2.37. The van der Waals surface area contributed by atoms with Crippen LogP contribution in [-0.2, 0) is 0 Å². The van der Waals surface area contributed by atoms with Gasteiger partial charge in [0.2, 0.25) is 0 Å². The van der Waals surface area contributed by atoms with Crippen LogP contribution in [0.5, 0.6) is 0 Å². The van der Waals surface area contributed by atoms with Crippen molar-refractivity contribution in [3.63, 3.8) is 0 Å². The Kier molecular flexibility index (Phi) is 9.66. The standard InChI is InChI=1S/C52H40SSi2/c1-9-25-41(26-10-1)49-50(42-27-11-2-12-28-42)53-52(55(46-35-19-6-20-36-46,47-37-21-7-22-38-47)48-39-23-8-24-40-48)51(49)54(43-29-13-3-14-30-43,44-31-15-4-16-32-44)45-33-17-5-18-34-45/h1-40H. The van der Waals surface area contributed by atoms with Crippen LogP contribution in [0.25, 0.3) is 21.6 Å². The fraction of sp³-hybridized carbons (Fsp3) is 0. The van der Waals surface area contributed by atoms with Crippen molar-refractivity contribution in [3.8, 4) is 21.6 Å². The highest BCUT2D eigenvalue weighted by Gasteiger charge is 2.53. The fourth-order valence-electron chi connectivity index (χ4n) is 8.68. The highest BCUT2D eigenvalue weighted by molar-refractivity contribution is 7.42. The van der Waals surface area contributed by atoms with Gasteiger partial charge in [-0.1, -0.05) is 243 Å². The summed E-state index contributed by atoms with van der Waals surface area (Å²) in [5.41, 5.74) is 3.83. The SMILES string of the molecule is c1ccc(-c2sc([Si](c3ccccc3)(c3ccccc3)c3ccccc3)c([Si](c3ccccc3)(c3ccccc3)c3ccccc3)c2-c2ccccc2)cc1. The molecule has 9 aromatic rings. The zero-order valence-electron chi connectivity index (χ0n) is 30.5. The summed E-state index contributed by atoms with van der Waals surface area (Å²) in [6.45, 7) is 0. The van der Waals surface area contributed by atoms with Crippen LogP contribution >= 0.6 is 11.3 Å². The van der Waals surface area contributed by atoms with Gasteiger partial charge in [0, 0.05) is 14.9 Å². The van der Waals surface area contributed by atoms with Crippen molar-refractivity contribution in [3.05, 3.63) is 243 Å². The Balaban J connectivity index is 1.61. The van der Waals surface area contributed by atoms with E-state index in [1.807, 2.05) is 11.3 Å². The first-order valence-corrected chi connectivity index (χ1v) is 23.8. The predicted molar refractivity (Wildman–Crippen MR) is 242 cm³/mol. The Morgan fingerprint density at radius 3 is 0.818 bits per heavy atom. The van der Waals surface area contributed by atoms with Gasteiger partial charge in [-0.05, 0) is 47.4 Å². The third-order valence-corrected chi connectivity index (χ3v) is 23.0. The molecule has 0 N–H and O–H groups in total. The average Bonchev–Trinajstić information content (AvgIpc) is 3.68. The summed E-state index contributed by atoms with van der Waals surface area (Å²) in [7, 11) is -6.22. The van der Waals surface area contributed by atoms with E-state index in [9.17, 15) is 0 Å². The van der Waals surface area contributed by atoms with Crippen molar-refractivity contribution >= 4 is 68.3 Å². The molecule has 1 aromatic heterocycles. The normalized spacial score (nSPS) is 11.6. The average molecular weight is 753 g/mol. The number of benzene rings is 8. The fourth-order valence-corrected chi connectivity index (χ4v) is 22.8. The topological polar surface area (TPSA) is 0 Å². The van der Waals surface area contributed by atoms with Crippen LogP contribution < -0.4 is 40.8 Å². The maximum absolute atomic E-state index is 3.15. The van der Waals surface area contributed by atoms with Crippen molar-refractivity contribution in [2.75, 3.05) is 0 Å². The minimum absolute atomic E-state index is 1.24. The monoisotopic (exact) mass is 752 g/mol. The summed E-state index contributed by atoms with van der Waals surface area (Å²) >= 11 is 2.03. The van der Waals surface area contributed by atoms with Crippen molar-refractivity contribution in [1.82, 2.24) is 0 Å². The Labute approximate surface area is 330 Å². The van der Waals surface area contributed by atoms with E-state index in [1.165, 1.54) is 62.4 Å². The molecule has 0 bridgehead atoms. The first kappa shape index (κ1) is 34.6. The molecule has 0 aliphatic rings. The molecule has 0 saturated carbocycles. The largest absolute Gasteiger partial charge is 0.190 e. The second kappa shape index (κ2) is 15.3. The molecule has 3 heteroatoms. The summed E-state index contributed by atoms with van der Waals surface area (Å²) in [5, 5.41) is 9.75. The summed E-state index contributed by atoms with van der Waals surface area (Å²) in [4.78, 5) is 1.32. The smallest absolute Gasteiger partial charge is 0.143 e. The zero-order chi connectivity index (χ0) is 36.9. The zero-order valence-corrected chi connectivity index (χ0v) is 33.3. The molecule has 1 heterocycles. The molecule has 9 rings (SSSR count). The van der Waals surface area contributed by atoms with Crippen molar-refractivity contribution < 1.29 is 0 Å². The van der Waals surface area contributed by atoms with Gasteiger partial charge >= 0.3 is 0 Å². The molecule has 0 amide bonds. The molecular formula is C52H40SSi2. The molecular weight excluding hydrogens is 713 g/mol. The Morgan fingerprint density at radius 2 is 0.509 bits per heavy atom.